The van der Waals surface area contributed by atoms with Gasteiger partial charge in [-0.2, -0.15) is 4.98 Å². The van der Waals surface area contributed by atoms with Crippen molar-refractivity contribution in [3.05, 3.63) is 5.82 Å². The molecule has 96 valence electrons. The summed E-state index contributed by atoms with van der Waals surface area (Å²) in [5.74, 6) is 1.65. The minimum atomic E-state index is 0.254. The van der Waals surface area contributed by atoms with Gasteiger partial charge in [-0.1, -0.05) is 6.92 Å². The van der Waals surface area contributed by atoms with Crippen LogP contribution in [0.4, 0.5) is 5.95 Å². The van der Waals surface area contributed by atoms with Gasteiger partial charge in [0.2, 0.25) is 5.95 Å². The van der Waals surface area contributed by atoms with Crippen molar-refractivity contribution in [2.75, 3.05) is 31.2 Å². The van der Waals surface area contributed by atoms with Gasteiger partial charge in [-0.3, -0.25) is 5.10 Å². The van der Waals surface area contributed by atoms with Crippen LogP contribution in [0.3, 0.4) is 0 Å². The predicted molar refractivity (Wildman–Crippen MR) is 66.0 cm³/mol. The number of aromatic amines is 1. The van der Waals surface area contributed by atoms with Crippen LogP contribution in [0.1, 0.15) is 25.6 Å². The summed E-state index contributed by atoms with van der Waals surface area (Å²) in [5.41, 5.74) is 5.86. The molecule has 6 heteroatoms. The Labute approximate surface area is 102 Å². The van der Waals surface area contributed by atoms with E-state index in [-0.39, 0.29) is 6.04 Å². The van der Waals surface area contributed by atoms with Crippen LogP contribution in [0.25, 0.3) is 0 Å². The second-order valence-electron chi connectivity index (χ2n) is 4.44. The molecule has 3 N–H and O–H groups in total. The number of ether oxygens (including phenoxy) is 1. The lowest BCUT2D eigenvalue weighted by molar-refractivity contribution is 0.136. The Bertz CT molecular complexity index is 340. The van der Waals surface area contributed by atoms with Crippen LogP contribution in [-0.2, 0) is 11.2 Å². The van der Waals surface area contributed by atoms with Gasteiger partial charge in [-0.05, 0) is 12.8 Å². The van der Waals surface area contributed by atoms with Crippen molar-refractivity contribution in [2.45, 2.75) is 32.2 Å². The number of hydrogen-bond acceptors (Lipinski definition) is 5. The molecular weight excluding hydrogens is 218 g/mol. The summed E-state index contributed by atoms with van der Waals surface area (Å²) < 4.78 is 5.42. The maximum Gasteiger partial charge on any atom is 0.244 e. The summed E-state index contributed by atoms with van der Waals surface area (Å²) in [6.07, 6.45) is 2.85. The number of hydrogen-bond donors (Lipinski definition) is 2. The van der Waals surface area contributed by atoms with Crippen molar-refractivity contribution in [1.82, 2.24) is 15.2 Å². The van der Waals surface area contributed by atoms with Gasteiger partial charge in [-0.25, -0.2) is 0 Å². The first-order valence-corrected chi connectivity index (χ1v) is 6.29. The van der Waals surface area contributed by atoms with Crippen LogP contribution in [0.5, 0.6) is 0 Å². The largest absolute Gasteiger partial charge is 0.381 e. The first-order chi connectivity index (χ1) is 8.29. The molecule has 2 rings (SSSR count). The average molecular weight is 239 g/mol. The summed E-state index contributed by atoms with van der Waals surface area (Å²) in [6, 6.07) is 0.254. The van der Waals surface area contributed by atoms with E-state index in [0.717, 1.165) is 50.7 Å². The van der Waals surface area contributed by atoms with Gasteiger partial charge in [0.05, 0.1) is 6.61 Å². The number of nitrogens with one attached hydrogen (secondary N) is 1. The zero-order valence-electron chi connectivity index (χ0n) is 10.4. The number of rotatable bonds is 6. The van der Waals surface area contributed by atoms with Crippen LogP contribution in [0, 0.1) is 0 Å². The van der Waals surface area contributed by atoms with Gasteiger partial charge >= 0.3 is 0 Å². The molecule has 0 radical (unpaired) electrons. The Kier molecular flexibility index (Phi) is 4.33. The lowest BCUT2D eigenvalue weighted by Crippen LogP contribution is -2.27. The van der Waals surface area contributed by atoms with E-state index in [2.05, 4.69) is 27.0 Å². The van der Waals surface area contributed by atoms with Gasteiger partial charge in [0, 0.05) is 32.2 Å². The first kappa shape index (κ1) is 12.3. The lowest BCUT2D eigenvalue weighted by atomic mass is 10.3. The Morgan fingerprint density at radius 3 is 3.12 bits per heavy atom. The number of nitrogens with two attached hydrogens (primary N) is 1. The number of aromatic nitrogens is 3. The lowest BCUT2D eigenvalue weighted by Gasteiger charge is -2.11. The molecule has 1 unspecified atom stereocenters. The minimum Gasteiger partial charge on any atom is -0.381 e. The first-order valence-electron chi connectivity index (χ1n) is 6.29. The van der Waals surface area contributed by atoms with Gasteiger partial charge in [-0.15, -0.1) is 5.10 Å². The Morgan fingerprint density at radius 1 is 1.53 bits per heavy atom. The highest BCUT2D eigenvalue weighted by atomic mass is 16.5. The van der Waals surface area contributed by atoms with E-state index in [1.54, 1.807) is 0 Å². The molecule has 2 heterocycles. The third kappa shape index (κ3) is 3.41. The molecule has 1 aromatic heterocycles. The summed E-state index contributed by atoms with van der Waals surface area (Å²) >= 11 is 0. The average Bonchev–Trinajstić information content (AvgIpc) is 2.93. The molecule has 1 fully saturated rings. The predicted octanol–water partition coefficient (Wildman–Crippen LogP) is 0.311. The third-order valence-corrected chi connectivity index (χ3v) is 2.86. The summed E-state index contributed by atoms with van der Waals surface area (Å²) in [5, 5.41) is 7.16. The van der Waals surface area contributed by atoms with Crippen molar-refractivity contribution >= 4 is 5.95 Å². The van der Waals surface area contributed by atoms with Crippen LogP contribution in [0.15, 0.2) is 0 Å². The van der Waals surface area contributed by atoms with E-state index >= 15 is 0 Å². The fourth-order valence-electron chi connectivity index (χ4n) is 1.92. The number of nitrogens with zero attached hydrogens (tertiary/aromatic N) is 3. The van der Waals surface area contributed by atoms with Gasteiger partial charge < -0.3 is 15.4 Å². The molecule has 0 saturated carbocycles. The van der Waals surface area contributed by atoms with Crippen LogP contribution in [-0.4, -0.2) is 47.5 Å². The Balaban J connectivity index is 1.79. The van der Waals surface area contributed by atoms with E-state index in [1.165, 1.54) is 0 Å². The van der Waals surface area contributed by atoms with Crippen LogP contribution in [0.2, 0.25) is 0 Å². The zero-order valence-corrected chi connectivity index (χ0v) is 10.4. The molecule has 0 aliphatic carbocycles. The third-order valence-electron chi connectivity index (χ3n) is 2.86. The molecule has 1 aliphatic rings. The molecule has 1 aromatic rings. The smallest absolute Gasteiger partial charge is 0.244 e. The molecule has 0 amide bonds. The second-order valence-corrected chi connectivity index (χ2v) is 4.44. The van der Waals surface area contributed by atoms with Gasteiger partial charge in [0.1, 0.15) is 5.82 Å². The molecule has 0 bridgehead atoms. The SMILES string of the molecule is CCCOCCc1nc(N2CCC(N)C2)n[nH]1. The normalized spacial score (nSPS) is 20.1. The van der Waals surface area contributed by atoms with E-state index in [4.69, 9.17) is 10.5 Å². The van der Waals surface area contributed by atoms with E-state index in [0.29, 0.717) is 6.61 Å². The molecule has 1 atom stereocenters. The van der Waals surface area contributed by atoms with Gasteiger partial charge in [0.15, 0.2) is 0 Å². The van der Waals surface area contributed by atoms with Crippen LogP contribution < -0.4 is 10.6 Å². The minimum absolute atomic E-state index is 0.254. The topological polar surface area (TPSA) is 80.1 Å². The molecule has 1 saturated heterocycles. The highest BCUT2D eigenvalue weighted by molar-refractivity contribution is 5.31. The Hall–Kier alpha value is -1.14. The molecule has 1 aliphatic heterocycles. The maximum absolute atomic E-state index is 5.86. The standard InChI is InChI=1S/C11H21N5O/c1-2-6-17-7-4-10-13-11(15-14-10)16-5-3-9(12)8-16/h9H,2-8,12H2,1H3,(H,13,14,15). The van der Waals surface area contributed by atoms with Crippen molar-refractivity contribution in [3.63, 3.8) is 0 Å². The molecule has 0 spiro atoms. The quantitative estimate of drug-likeness (QED) is 0.698. The molecule has 6 nitrogen and oxygen atoms in total. The van der Waals surface area contributed by atoms with E-state index < -0.39 is 0 Å². The fourth-order valence-corrected chi connectivity index (χ4v) is 1.92. The number of H-pyrrole nitrogens is 1. The van der Waals surface area contributed by atoms with Crippen molar-refractivity contribution in [1.29, 1.82) is 0 Å². The monoisotopic (exact) mass is 239 g/mol. The maximum atomic E-state index is 5.86. The highest BCUT2D eigenvalue weighted by Crippen LogP contribution is 2.14. The zero-order chi connectivity index (χ0) is 12.1. The molecule has 0 aromatic carbocycles. The molecule has 17 heavy (non-hydrogen) atoms. The Morgan fingerprint density at radius 2 is 2.41 bits per heavy atom. The summed E-state index contributed by atoms with van der Waals surface area (Å²) in [4.78, 5) is 6.57. The fraction of sp³-hybridized carbons (Fsp3) is 0.818. The number of anilines is 1. The highest BCUT2D eigenvalue weighted by Gasteiger charge is 2.22. The summed E-state index contributed by atoms with van der Waals surface area (Å²) in [6.45, 7) is 5.40. The molecular formula is C11H21N5O. The van der Waals surface area contributed by atoms with E-state index in [9.17, 15) is 0 Å². The van der Waals surface area contributed by atoms with Crippen molar-refractivity contribution in [2.24, 2.45) is 5.73 Å². The van der Waals surface area contributed by atoms with E-state index in [1.807, 2.05) is 0 Å². The van der Waals surface area contributed by atoms with Crippen molar-refractivity contribution < 1.29 is 4.74 Å². The second kappa shape index (κ2) is 5.97. The summed E-state index contributed by atoms with van der Waals surface area (Å²) in [7, 11) is 0. The van der Waals surface area contributed by atoms with Crippen molar-refractivity contribution in [3.8, 4) is 0 Å². The van der Waals surface area contributed by atoms with Crippen LogP contribution >= 0.6 is 0 Å². The van der Waals surface area contributed by atoms with Gasteiger partial charge in [0.25, 0.3) is 0 Å².